The molecule has 9 aromatic carbocycles. The van der Waals surface area contributed by atoms with Gasteiger partial charge in [-0.3, -0.25) is 0 Å². The Hall–Kier alpha value is -7.36. The number of fused-ring (bicyclic) bond motifs is 8. The van der Waals surface area contributed by atoms with Crippen molar-refractivity contribution in [3.63, 3.8) is 0 Å². The summed E-state index contributed by atoms with van der Waals surface area (Å²) in [4.78, 5) is 2.37. The van der Waals surface area contributed by atoms with E-state index in [1.807, 2.05) is 12.1 Å². The van der Waals surface area contributed by atoms with E-state index in [9.17, 15) is 0 Å². The van der Waals surface area contributed by atoms with Crippen LogP contribution in [0, 0.1) is 0 Å². The Bertz CT molecular complexity index is 3180. The molecule has 0 aliphatic heterocycles. The topological polar surface area (TPSA) is 29.5 Å². The van der Waals surface area contributed by atoms with Crippen LogP contribution in [0.1, 0.15) is 0 Å². The van der Waals surface area contributed by atoms with Crippen molar-refractivity contribution < 1.29 is 8.83 Å². The second kappa shape index (κ2) is 12.6. The highest BCUT2D eigenvalue weighted by molar-refractivity contribution is 6.22. The molecule has 2 aromatic heterocycles. The first kappa shape index (κ1) is 31.2. The third-order valence-electron chi connectivity index (χ3n) is 10.9. The summed E-state index contributed by atoms with van der Waals surface area (Å²) < 4.78 is 13.2. The molecule has 0 fully saturated rings. The summed E-state index contributed by atoms with van der Waals surface area (Å²) in [7, 11) is 0. The molecule has 0 saturated heterocycles. The predicted molar refractivity (Wildman–Crippen MR) is 229 cm³/mol. The lowest BCUT2D eigenvalue weighted by atomic mass is 9.95. The molecule has 11 aromatic rings. The molecule has 0 amide bonds. The number of hydrogen-bond acceptors (Lipinski definition) is 3. The van der Waals surface area contributed by atoms with Crippen molar-refractivity contribution in [3.8, 4) is 33.4 Å². The molecule has 0 N–H and O–H groups in total. The molecule has 0 spiro atoms. The van der Waals surface area contributed by atoms with E-state index in [0.29, 0.717) is 0 Å². The lowest BCUT2D eigenvalue weighted by Crippen LogP contribution is -2.10. The largest absolute Gasteiger partial charge is 0.455 e. The summed E-state index contributed by atoms with van der Waals surface area (Å²) in [5, 5.41) is 6.65. The van der Waals surface area contributed by atoms with Gasteiger partial charge in [-0.2, -0.15) is 0 Å². The Labute approximate surface area is 317 Å². The first-order chi connectivity index (χ1) is 27.3. The van der Waals surface area contributed by atoms with Gasteiger partial charge in [0.25, 0.3) is 0 Å². The van der Waals surface area contributed by atoms with E-state index in [1.54, 1.807) is 0 Å². The standard InChI is InChI=1S/C52H33NO2/c1-3-13-34(14-4-1)35-29-31-39(32-30-35)53(38-15-5-2-6-16-38)47-33-46-50-40(20-12-24-49(50)55-52(46)44-19-8-7-17-42(44)47)36-25-27-37(28-26-36)41-21-11-22-45-43-18-9-10-23-48(43)54-51(41)45/h1-33H. The van der Waals surface area contributed by atoms with Crippen LogP contribution in [0.3, 0.4) is 0 Å². The predicted octanol–water partition coefficient (Wildman–Crippen LogP) is 15.1. The molecular weight excluding hydrogens is 671 g/mol. The SMILES string of the molecule is c1ccc(-c2ccc(N(c3ccccc3)c3cc4c(oc5cccc(-c6ccc(-c7cccc8c7oc7ccccc78)cc6)c54)c4ccccc34)cc2)cc1. The van der Waals surface area contributed by atoms with Crippen LogP contribution in [0.25, 0.3) is 88.0 Å². The molecule has 3 heteroatoms. The molecule has 258 valence electrons. The number of furan rings is 2. The second-order valence-corrected chi connectivity index (χ2v) is 14.0. The third kappa shape index (κ3) is 5.13. The van der Waals surface area contributed by atoms with Gasteiger partial charge in [0.1, 0.15) is 22.3 Å². The number of hydrogen-bond donors (Lipinski definition) is 0. The minimum Gasteiger partial charge on any atom is -0.455 e. The zero-order valence-electron chi connectivity index (χ0n) is 29.8. The zero-order valence-corrected chi connectivity index (χ0v) is 29.8. The maximum absolute atomic E-state index is 6.78. The Balaban J connectivity index is 1.08. The van der Waals surface area contributed by atoms with E-state index in [-0.39, 0.29) is 0 Å². The molecule has 0 bridgehead atoms. The summed E-state index contributed by atoms with van der Waals surface area (Å²) in [6.45, 7) is 0. The monoisotopic (exact) mass is 703 g/mol. The van der Waals surface area contributed by atoms with E-state index in [0.717, 1.165) is 94.0 Å². The van der Waals surface area contributed by atoms with Crippen molar-refractivity contribution in [2.75, 3.05) is 4.90 Å². The van der Waals surface area contributed by atoms with Crippen LogP contribution in [0.2, 0.25) is 0 Å². The molecule has 0 saturated carbocycles. The molecule has 0 radical (unpaired) electrons. The van der Waals surface area contributed by atoms with Crippen molar-refractivity contribution >= 4 is 71.7 Å². The molecule has 0 unspecified atom stereocenters. The highest BCUT2D eigenvalue weighted by Crippen LogP contribution is 2.47. The lowest BCUT2D eigenvalue weighted by molar-refractivity contribution is 0.670. The average molecular weight is 704 g/mol. The maximum atomic E-state index is 6.78. The molecule has 0 aliphatic rings. The summed E-state index contributed by atoms with van der Waals surface area (Å²) >= 11 is 0. The molecule has 0 aliphatic carbocycles. The van der Waals surface area contributed by atoms with Gasteiger partial charge in [-0.15, -0.1) is 0 Å². The van der Waals surface area contributed by atoms with Crippen LogP contribution < -0.4 is 4.90 Å². The van der Waals surface area contributed by atoms with Crippen LogP contribution in [-0.2, 0) is 0 Å². The smallest absolute Gasteiger partial charge is 0.143 e. The Morgan fingerprint density at radius 1 is 0.309 bits per heavy atom. The first-order valence-electron chi connectivity index (χ1n) is 18.7. The molecule has 11 rings (SSSR count). The van der Waals surface area contributed by atoms with Crippen molar-refractivity contribution in [2.24, 2.45) is 0 Å². The summed E-state index contributed by atoms with van der Waals surface area (Å²) in [5.41, 5.74) is 13.7. The zero-order chi connectivity index (χ0) is 36.3. The molecular formula is C52H33NO2. The molecule has 55 heavy (non-hydrogen) atoms. The van der Waals surface area contributed by atoms with E-state index < -0.39 is 0 Å². The van der Waals surface area contributed by atoms with Crippen LogP contribution in [-0.4, -0.2) is 0 Å². The number of rotatable bonds is 6. The van der Waals surface area contributed by atoms with Gasteiger partial charge in [-0.05, 0) is 70.3 Å². The fraction of sp³-hybridized carbons (Fsp3) is 0. The van der Waals surface area contributed by atoms with Gasteiger partial charge in [0, 0.05) is 49.3 Å². The first-order valence-corrected chi connectivity index (χ1v) is 18.7. The van der Waals surface area contributed by atoms with Crippen molar-refractivity contribution in [2.45, 2.75) is 0 Å². The number of para-hydroxylation sites is 3. The van der Waals surface area contributed by atoms with Crippen molar-refractivity contribution in [1.29, 1.82) is 0 Å². The Morgan fingerprint density at radius 2 is 0.818 bits per heavy atom. The van der Waals surface area contributed by atoms with Crippen molar-refractivity contribution in [3.05, 3.63) is 200 Å². The highest BCUT2D eigenvalue weighted by Gasteiger charge is 2.22. The second-order valence-electron chi connectivity index (χ2n) is 14.0. The molecule has 0 atom stereocenters. The van der Waals surface area contributed by atoms with Crippen LogP contribution >= 0.6 is 0 Å². The van der Waals surface area contributed by atoms with Crippen LogP contribution in [0.4, 0.5) is 17.1 Å². The van der Waals surface area contributed by atoms with E-state index in [4.69, 9.17) is 8.83 Å². The number of nitrogens with zero attached hydrogens (tertiary/aromatic N) is 1. The van der Waals surface area contributed by atoms with Gasteiger partial charge in [0.2, 0.25) is 0 Å². The van der Waals surface area contributed by atoms with Gasteiger partial charge < -0.3 is 13.7 Å². The van der Waals surface area contributed by atoms with Gasteiger partial charge in [-0.1, -0.05) is 158 Å². The van der Waals surface area contributed by atoms with Crippen molar-refractivity contribution in [1.82, 2.24) is 0 Å². The Morgan fingerprint density at radius 3 is 1.60 bits per heavy atom. The average Bonchev–Trinajstić information content (AvgIpc) is 3.84. The fourth-order valence-corrected chi connectivity index (χ4v) is 8.30. The minimum atomic E-state index is 0.865. The third-order valence-corrected chi connectivity index (χ3v) is 10.9. The summed E-state index contributed by atoms with van der Waals surface area (Å²) in [5.74, 6) is 0. The van der Waals surface area contributed by atoms with E-state index in [2.05, 4.69) is 193 Å². The number of anilines is 3. The van der Waals surface area contributed by atoms with E-state index in [1.165, 1.54) is 11.1 Å². The minimum absolute atomic E-state index is 0.865. The van der Waals surface area contributed by atoms with Gasteiger partial charge >= 0.3 is 0 Å². The van der Waals surface area contributed by atoms with Gasteiger partial charge in [0.15, 0.2) is 0 Å². The van der Waals surface area contributed by atoms with Crippen LogP contribution in [0.15, 0.2) is 209 Å². The molecule has 3 nitrogen and oxygen atoms in total. The molecule has 2 heterocycles. The normalized spacial score (nSPS) is 11.6. The fourth-order valence-electron chi connectivity index (χ4n) is 8.30. The van der Waals surface area contributed by atoms with Gasteiger partial charge in [0.05, 0.1) is 5.69 Å². The summed E-state index contributed by atoms with van der Waals surface area (Å²) in [6, 6.07) is 70.8. The Kier molecular flexibility index (Phi) is 7.17. The lowest BCUT2D eigenvalue weighted by Gasteiger charge is -2.27. The summed E-state index contributed by atoms with van der Waals surface area (Å²) in [6.07, 6.45) is 0. The van der Waals surface area contributed by atoms with Gasteiger partial charge in [-0.25, -0.2) is 0 Å². The maximum Gasteiger partial charge on any atom is 0.143 e. The van der Waals surface area contributed by atoms with Crippen LogP contribution in [0.5, 0.6) is 0 Å². The highest BCUT2D eigenvalue weighted by atomic mass is 16.3. The van der Waals surface area contributed by atoms with E-state index >= 15 is 0 Å². The number of benzene rings is 9. The quantitative estimate of drug-likeness (QED) is 0.173.